The van der Waals surface area contributed by atoms with Crippen LogP contribution in [-0.4, -0.2) is 13.4 Å². The van der Waals surface area contributed by atoms with Crippen LogP contribution in [0.3, 0.4) is 0 Å². The van der Waals surface area contributed by atoms with Gasteiger partial charge in [-0.25, -0.2) is 18.1 Å². The van der Waals surface area contributed by atoms with Gasteiger partial charge >= 0.3 is 0 Å². The Kier molecular flexibility index (Phi) is 4.16. The van der Waals surface area contributed by atoms with E-state index < -0.39 is 10.0 Å². The van der Waals surface area contributed by atoms with Crippen molar-refractivity contribution in [1.82, 2.24) is 9.71 Å². The van der Waals surface area contributed by atoms with E-state index in [4.69, 9.17) is 0 Å². The van der Waals surface area contributed by atoms with Crippen molar-refractivity contribution in [3.05, 3.63) is 44.8 Å². The van der Waals surface area contributed by atoms with E-state index in [1.54, 1.807) is 24.3 Å². The average Bonchev–Trinajstić information content (AvgIpc) is 2.73. The van der Waals surface area contributed by atoms with E-state index in [9.17, 15) is 8.42 Å². The van der Waals surface area contributed by atoms with Gasteiger partial charge in [0, 0.05) is 9.85 Å². The fourth-order valence-corrected chi connectivity index (χ4v) is 3.58. The Morgan fingerprint density at radius 1 is 1.44 bits per heavy atom. The van der Waals surface area contributed by atoms with E-state index in [1.807, 2.05) is 12.3 Å². The molecule has 1 aromatic carbocycles. The smallest absolute Gasteiger partial charge is 0.240 e. The lowest BCUT2D eigenvalue weighted by Gasteiger charge is -2.05. The van der Waals surface area contributed by atoms with Crippen molar-refractivity contribution in [1.29, 1.82) is 0 Å². The minimum atomic E-state index is -3.49. The minimum Gasteiger partial charge on any atom is -0.245 e. The van der Waals surface area contributed by atoms with E-state index in [1.165, 1.54) is 11.3 Å². The van der Waals surface area contributed by atoms with Gasteiger partial charge in [-0.1, -0.05) is 22.0 Å². The van der Waals surface area contributed by atoms with Crippen LogP contribution in [0.4, 0.5) is 0 Å². The summed E-state index contributed by atoms with van der Waals surface area (Å²) in [5, 5.41) is 2.77. The third-order valence-electron chi connectivity index (χ3n) is 2.22. The summed E-state index contributed by atoms with van der Waals surface area (Å²) in [5.74, 6) is 0. The lowest BCUT2D eigenvalue weighted by Crippen LogP contribution is -2.23. The maximum Gasteiger partial charge on any atom is 0.240 e. The molecule has 1 heterocycles. The van der Waals surface area contributed by atoms with Crippen LogP contribution in [-0.2, 0) is 16.6 Å². The van der Waals surface area contributed by atoms with Crippen LogP contribution in [0.15, 0.2) is 39.0 Å². The second-order valence-corrected chi connectivity index (χ2v) is 7.38. The number of benzene rings is 1. The van der Waals surface area contributed by atoms with Gasteiger partial charge in [0.15, 0.2) is 0 Å². The van der Waals surface area contributed by atoms with Crippen molar-refractivity contribution in [3.63, 3.8) is 0 Å². The molecular weight excluding hydrogens is 336 g/mol. The monoisotopic (exact) mass is 346 g/mol. The molecule has 2 rings (SSSR count). The number of halogens is 1. The largest absolute Gasteiger partial charge is 0.245 e. The summed E-state index contributed by atoms with van der Waals surface area (Å²) < 4.78 is 27.3. The summed E-state index contributed by atoms with van der Waals surface area (Å²) in [5.41, 5.74) is 0.732. The Morgan fingerprint density at radius 2 is 2.22 bits per heavy atom. The lowest BCUT2D eigenvalue weighted by atomic mass is 10.4. The first kappa shape index (κ1) is 13.7. The van der Waals surface area contributed by atoms with Crippen LogP contribution in [0.5, 0.6) is 0 Å². The first-order valence-corrected chi connectivity index (χ1v) is 8.29. The topological polar surface area (TPSA) is 59.1 Å². The molecule has 1 aromatic heterocycles. The first-order chi connectivity index (χ1) is 8.47. The molecule has 0 atom stereocenters. The predicted octanol–water partition coefficient (Wildman–Crippen LogP) is 2.69. The molecule has 1 N–H and O–H groups in total. The molecule has 0 unspecified atom stereocenters. The quantitative estimate of drug-likeness (QED) is 0.925. The summed E-state index contributed by atoms with van der Waals surface area (Å²) in [7, 11) is -3.49. The molecule has 0 radical (unpaired) electrons. The lowest BCUT2D eigenvalue weighted by molar-refractivity contribution is 0.580. The van der Waals surface area contributed by atoms with Gasteiger partial charge in [0.1, 0.15) is 0 Å². The van der Waals surface area contributed by atoms with E-state index in [0.29, 0.717) is 0 Å². The summed E-state index contributed by atoms with van der Waals surface area (Å²) in [6.07, 6.45) is 0. The van der Waals surface area contributed by atoms with Crippen LogP contribution in [0.25, 0.3) is 0 Å². The molecule has 0 aliphatic heterocycles. The van der Waals surface area contributed by atoms with Gasteiger partial charge in [-0.3, -0.25) is 0 Å². The van der Waals surface area contributed by atoms with E-state index in [2.05, 4.69) is 25.6 Å². The molecular formula is C11H11BrN2O2S2. The zero-order chi connectivity index (χ0) is 13.2. The van der Waals surface area contributed by atoms with Crippen molar-refractivity contribution in [3.8, 4) is 0 Å². The number of aromatic nitrogens is 1. The highest BCUT2D eigenvalue weighted by molar-refractivity contribution is 9.10. The highest BCUT2D eigenvalue weighted by atomic mass is 79.9. The molecule has 7 heteroatoms. The van der Waals surface area contributed by atoms with E-state index >= 15 is 0 Å². The van der Waals surface area contributed by atoms with Crippen LogP contribution in [0.1, 0.15) is 10.7 Å². The Morgan fingerprint density at radius 3 is 2.83 bits per heavy atom. The summed E-state index contributed by atoms with van der Waals surface area (Å²) in [4.78, 5) is 4.45. The van der Waals surface area contributed by atoms with Crippen molar-refractivity contribution in [2.24, 2.45) is 0 Å². The molecule has 2 aromatic rings. The van der Waals surface area contributed by atoms with Crippen molar-refractivity contribution >= 4 is 37.3 Å². The minimum absolute atomic E-state index is 0.208. The molecule has 0 saturated heterocycles. The molecule has 0 aliphatic rings. The zero-order valence-electron chi connectivity index (χ0n) is 9.55. The van der Waals surface area contributed by atoms with Crippen LogP contribution in [0.2, 0.25) is 0 Å². The molecule has 0 bridgehead atoms. The van der Waals surface area contributed by atoms with Crippen molar-refractivity contribution in [2.75, 3.05) is 0 Å². The third kappa shape index (κ3) is 3.38. The SMILES string of the molecule is Cc1nc(CNS(=O)(=O)c2cccc(Br)c2)cs1. The Balaban J connectivity index is 2.13. The number of aryl methyl sites for hydroxylation is 1. The number of hydrogen-bond donors (Lipinski definition) is 1. The molecule has 18 heavy (non-hydrogen) atoms. The average molecular weight is 347 g/mol. The van der Waals surface area contributed by atoms with Gasteiger partial charge in [0.2, 0.25) is 10.0 Å². The molecule has 96 valence electrons. The van der Waals surface area contributed by atoms with E-state index in [-0.39, 0.29) is 11.4 Å². The maximum absolute atomic E-state index is 12.0. The predicted molar refractivity (Wildman–Crippen MR) is 75.0 cm³/mol. The summed E-state index contributed by atoms with van der Waals surface area (Å²) >= 11 is 4.75. The summed E-state index contributed by atoms with van der Waals surface area (Å²) in [6, 6.07) is 6.59. The van der Waals surface area contributed by atoms with Crippen LogP contribution >= 0.6 is 27.3 Å². The van der Waals surface area contributed by atoms with Crippen molar-refractivity contribution in [2.45, 2.75) is 18.4 Å². The Bertz CT molecular complexity index is 653. The highest BCUT2D eigenvalue weighted by Gasteiger charge is 2.14. The van der Waals surface area contributed by atoms with Gasteiger partial charge in [-0.15, -0.1) is 11.3 Å². The van der Waals surface area contributed by atoms with Crippen molar-refractivity contribution < 1.29 is 8.42 Å². The standard InChI is InChI=1S/C11H11BrN2O2S2/c1-8-14-10(7-17-8)6-13-18(15,16)11-4-2-3-9(12)5-11/h2-5,7,13H,6H2,1H3. The molecule has 4 nitrogen and oxygen atoms in total. The number of rotatable bonds is 4. The first-order valence-electron chi connectivity index (χ1n) is 5.13. The third-order valence-corrected chi connectivity index (χ3v) is 4.93. The Labute approximate surface area is 118 Å². The highest BCUT2D eigenvalue weighted by Crippen LogP contribution is 2.16. The van der Waals surface area contributed by atoms with Crippen LogP contribution in [0, 0.1) is 6.92 Å². The molecule has 0 fully saturated rings. The second kappa shape index (κ2) is 5.48. The van der Waals surface area contributed by atoms with Gasteiger partial charge in [-0.2, -0.15) is 0 Å². The number of hydrogen-bond acceptors (Lipinski definition) is 4. The summed E-state index contributed by atoms with van der Waals surface area (Å²) in [6.45, 7) is 2.09. The van der Waals surface area contributed by atoms with Gasteiger partial charge in [0.05, 0.1) is 22.1 Å². The number of nitrogens with zero attached hydrogens (tertiary/aromatic N) is 1. The number of nitrogens with one attached hydrogen (secondary N) is 1. The Hall–Kier alpha value is -0.760. The number of sulfonamides is 1. The maximum atomic E-state index is 12.0. The van der Waals surface area contributed by atoms with E-state index in [0.717, 1.165) is 15.2 Å². The van der Waals surface area contributed by atoms with Crippen LogP contribution < -0.4 is 4.72 Å². The number of thiazole rings is 1. The van der Waals surface area contributed by atoms with Gasteiger partial charge < -0.3 is 0 Å². The van der Waals surface area contributed by atoms with Gasteiger partial charge in [0.25, 0.3) is 0 Å². The zero-order valence-corrected chi connectivity index (χ0v) is 12.8. The molecule has 0 saturated carbocycles. The second-order valence-electron chi connectivity index (χ2n) is 3.64. The fraction of sp³-hybridized carbons (Fsp3) is 0.182. The van der Waals surface area contributed by atoms with Gasteiger partial charge in [-0.05, 0) is 25.1 Å². The molecule has 0 aliphatic carbocycles. The molecule has 0 spiro atoms. The fourth-order valence-electron chi connectivity index (χ4n) is 1.38. The normalized spacial score (nSPS) is 11.7. The molecule has 0 amide bonds.